The van der Waals surface area contributed by atoms with E-state index in [1.165, 1.54) is 7.11 Å². The topological polar surface area (TPSA) is 71.3 Å². The van der Waals surface area contributed by atoms with Crippen molar-refractivity contribution in [3.63, 3.8) is 0 Å². The number of halogens is 1. The third-order valence-corrected chi connectivity index (χ3v) is 4.78. The van der Waals surface area contributed by atoms with Gasteiger partial charge in [0.05, 0.1) is 30.9 Å². The van der Waals surface area contributed by atoms with Crippen molar-refractivity contribution >= 4 is 23.3 Å². The van der Waals surface area contributed by atoms with Gasteiger partial charge in [-0.2, -0.15) is 5.26 Å². The van der Waals surface area contributed by atoms with E-state index in [9.17, 15) is 4.79 Å². The number of benzene rings is 3. The predicted molar refractivity (Wildman–Crippen MR) is 125 cm³/mol. The van der Waals surface area contributed by atoms with E-state index >= 15 is 0 Å². The number of hydrogen-bond donors (Lipinski definition) is 1. The van der Waals surface area contributed by atoms with Crippen LogP contribution < -0.4 is 10.1 Å². The van der Waals surface area contributed by atoms with E-state index in [1.807, 2.05) is 37.3 Å². The molecule has 1 unspecified atom stereocenters. The van der Waals surface area contributed by atoms with Crippen LogP contribution in [-0.2, 0) is 9.53 Å². The van der Waals surface area contributed by atoms with Crippen LogP contribution in [0.15, 0.2) is 66.7 Å². The molecule has 3 aromatic rings. The molecule has 0 bridgehead atoms. The molecule has 160 valence electrons. The van der Waals surface area contributed by atoms with Crippen LogP contribution in [0.5, 0.6) is 5.75 Å². The summed E-state index contributed by atoms with van der Waals surface area (Å²) in [4.78, 5) is 12.7. The molecule has 32 heavy (non-hydrogen) atoms. The summed E-state index contributed by atoms with van der Waals surface area (Å²) in [5.41, 5.74) is 3.07. The second kappa shape index (κ2) is 10.9. The molecule has 0 aliphatic rings. The average molecular weight is 445 g/mol. The SMILES string of the molecule is CCOc1c(C#Cc2ccccc2)cc(Cl)cc1C(Nc1ccc(C#N)cc1)C(=O)OC. The molecule has 3 rings (SSSR count). The summed E-state index contributed by atoms with van der Waals surface area (Å²) in [5, 5.41) is 12.6. The van der Waals surface area contributed by atoms with E-state index in [-0.39, 0.29) is 0 Å². The van der Waals surface area contributed by atoms with Gasteiger partial charge in [-0.1, -0.05) is 41.6 Å². The van der Waals surface area contributed by atoms with Crippen LogP contribution in [0.1, 0.15) is 35.2 Å². The second-order valence-corrected chi connectivity index (χ2v) is 7.15. The van der Waals surface area contributed by atoms with Gasteiger partial charge < -0.3 is 14.8 Å². The van der Waals surface area contributed by atoms with Gasteiger partial charge in [0.2, 0.25) is 0 Å². The lowest BCUT2D eigenvalue weighted by Crippen LogP contribution is -2.23. The standard InChI is InChI=1S/C26H21ClN2O3/c1-3-32-25-20(12-9-18-7-5-4-6-8-18)15-21(27)16-23(25)24(26(30)31-2)29-22-13-10-19(17-28)11-14-22/h4-8,10-11,13-16,24,29H,3H2,1-2H3. The molecule has 5 nitrogen and oxygen atoms in total. The largest absolute Gasteiger partial charge is 0.492 e. The zero-order valence-electron chi connectivity index (χ0n) is 17.7. The van der Waals surface area contributed by atoms with E-state index in [0.717, 1.165) is 5.56 Å². The minimum absolute atomic E-state index is 0.374. The Morgan fingerprint density at radius 1 is 1.06 bits per heavy atom. The van der Waals surface area contributed by atoms with E-state index in [2.05, 4.69) is 23.2 Å². The van der Waals surface area contributed by atoms with Crippen LogP contribution in [0, 0.1) is 23.2 Å². The van der Waals surface area contributed by atoms with Crippen LogP contribution in [-0.4, -0.2) is 19.7 Å². The first-order valence-electron chi connectivity index (χ1n) is 9.93. The Morgan fingerprint density at radius 2 is 1.78 bits per heavy atom. The fourth-order valence-corrected chi connectivity index (χ4v) is 3.30. The van der Waals surface area contributed by atoms with E-state index in [1.54, 1.807) is 36.4 Å². The first-order valence-corrected chi connectivity index (χ1v) is 10.3. The number of nitriles is 1. The highest BCUT2D eigenvalue weighted by Crippen LogP contribution is 2.35. The molecule has 0 saturated heterocycles. The molecule has 0 saturated carbocycles. The Labute approximate surface area is 192 Å². The molecule has 0 heterocycles. The van der Waals surface area contributed by atoms with Gasteiger partial charge in [0.25, 0.3) is 0 Å². The number of carbonyl (C=O) groups excluding carboxylic acids is 1. The molecular formula is C26H21ClN2O3. The Hall–Kier alpha value is -3.93. The van der Waals surface area contributed by atoms with Gasteiger partial charge in [0, 0.05) is 21.8 Å². The molecule has 6 heteroatoms. The van der Waals surface area contributed by atoms with Crippen molar-refractivity contribution in [2.45, 2.75) is 13.0 Å². The predicted octanol–water partition coefficient (Wildman–Crippen LogP) is 5.34. The van der Waals surface area contributed by atoms with Gasteiger partial charge in [-0.05, 0) is 55.5 Å². The summed E-state index contributed by atoms with van der Waals surface area (Å²) in [6, 6.07) is 20.9. The Morgan fingerprint density at radius 3 is 2.41 bits per heavy atom. The zero-order valence-corrected chi connectivity index (χ0v) is 18.4. The van der Waals surface area contributed by atoms with Crippen molar-refractivity contribution in [3.8, 4) is 23.7 Å². The highest BCUT2D eigenvalue weighted by Gasteiger charge is 2.27. The Bertz CT molecular complexity index is 1190. The number of rotatable bonds is 6. The molecule has 0 radical (unpaired) electrons. The summed E-state index contributed by atoms with van der Waals surface area (Å²) in [5.74, 6) is 6.15. The Kier molecular flexibility index (Phi) is 7.75. The number of carbonyl (C=O) groups is 1. The summed E-state index contributed by atoms with van der Waals surface area (Å²) >= 11 is 6.40. The molecule has 0 amide bonds. The van der Waals surface area contributed by atoms with Gasteiger partial charge in [-0.25, -0.2) is 4.79 Å². The Balaban J connectivity index is 2.08. The van der Waals surface area contributed by atoms with Crippen molar-refractivity contribution in [1.82, 2.24) is 0 Å². The van der Waals surface area contributed by atoms with Crippen LogP contribution in [0.3, 0.4) is 0 Å². The summed E-state index contributed by atoms with van der Waals surface area (Å²) in [7, 11) is 1.32. The number of ether oxygens (including phenoxy) is 2. The molecular weight excluding hydrogens is 424 g/mol. The lowest BCUT2D eigenvalue weighted by molar-refractivity contribution is -0.141. The van der Waals surface area contributed by atoms with E-state index < -0.39 is 12.0 Å². The van der Waals surface area contributed by atoms with Crippen LogP contribution in [0.2, 0.25) is 5.02 Å². The van der Waals surface area contributed by atoms with Gasteiger partial charge >= 0.3 is 5.97 Å². The summed E-state index contributed by atoms with van der Waals surface area (Å²) < 4.78 is 10.9. The molecule has 0 aliphatic heterocycles. The molecule has 0 fully saturated rings. The van der Waals surface area contributed by atoms with Gasteiger partial charge in [-0.15, -0.1) is 0 Å². The number of esters is 1. The fraction of sp³-hybridized carbons (Fsp3) is 0.154. The van der Waals surface area contributed by atoms with Crippen LogP contribution >= 0.6 is 11.6 Å². The van der Waals surface area contributed by atoms with Crippen molar-refractivity contribution in [2.24, 2.45) is 0 Å². The number of anilines is 1. The molecule has 1 N–H and O–H groups in total. The van der Waals surface area contributed by atoms with Gasteiger partial charge in [0.15, 0.2) is 6.04 Å². The smallest absolute Gasteiger partial charge is 0.333 e. The van der Waals surface area contributed by atoms with Gasteiger partial charge in [-0.3, -0.25) is 0 Å². The average Bonchev–Trinajstić information content (AvgIpc) is 2.83. The molecule has 0 aliphatic carbocycles. The minimum Gasteiger partial charge on any atom is -0.492 e. The zero-order chi connectivity index (χ0) is 22.9. The third-order valence-electron chi connectivity index (χ3n) is 4.56. The molecule has 0 spiro atoms. The maximum absolute atomic E-state index is 12.7. The van der Waals surface area contributed by atoms with Gasteiger partial charge in [0.1, 0.15) is 5.75 Å². The van der Waals surface area contributed by atoms with E-state index in [4.69, 9.17) is 26.3 Å². The fourth-order valence-electron chi connectivity index (χ4n) is 3.08. The molecule has 3 aromatic carbocycles. The highest BCUT2D eigenvalue weighted by atomic mass is 35.5. The minimum atomic E-state index is -0.898. The lowest BCUT2D eigenvalue weighted by atomic mass is 10.0. The van der Waals surface area contributed by atoms with Crippen LogP contribution in [0.25, 0.3) is 0 Å². The lowest BCUT2D eigenvalue weighted by Gasteiger charge is -2.22. The molecule has 0 aromatic heterocycles. The highest BCUT2D eigenvalue weighted by molar-refractivity contribution is 6.30. The van der Waals surface area contributed by atoms with Crippen molar-refractivity contribution in [1.29, 1.82) is 5.26 Å². The maximum atomic E-state index is 12.7. The summed E-state index contributed by atoms with van der Waals surface area (Å²) in [6.07, 6.45) is 0. The quantitative estimate of drug-likeness (QED) is 0.410. The number of nitrogens with zero attached hydrogens (tertiary/aromatic N) is 1. The first-order chi connectivity index (χ1) is 15.5. The van der Waals surface area contributed by atoms with Crippen molar-refractivity contribution in [2.75, 3.05) is 19.0 Å². The maximum Gasteiger partial charge on any atom is 0.333 e. The normalized spacial score (nSPS) is 10.8. The first kappa shape index (κ1) is 22.7. The monoisotopic (exact) mass is 444 g/mol. The number of nitrogens with one attached hydrogen (secondary N) is 1. The van der Waals surface area contributed by atoms with Crippen molar-refractivity contribution < 1.29 is 14.3 Å². The van der Waals surface area contributed by atoms with Crippen molar-refractivity contribution in [3.05, 3.63) is 94.0 Å². The molecule has 1 atom stereocenters. The summed E-state index contributed by atoms with van der Waals surface area (Å²) in [6.45, 7) is 2.23. The second-order valence-electron chi connectivity index (χ2n) is 6.71. The van der Waals surface area contributed by atoms with E-state index in [0.29, 0.717) is 39.8 Å². The van der Waals surface area contributed by atoms with Crippen LogP contribution in [0.4, 0.5) is 5.69 Å². The number of hydrogen-bond acceptors (Lipinski definition) is 5. The number of methoxy groups -OCH3 is 1. The third kappa shape index (κ3) is 5.60.